The topological polar surface area (TPSA) is 95.9 Å². The molecule has 0 fully saturated rings. The SMILES string of the molecule is C.CNC.O=[P+](O)O[P+](=O)O. The van der Waals surface area contributed by atoms with E-state index in [9.17, 15) is 9.13 Å². The fraction of sp³-hybridized carbons (Fsp3) is 1.00. The van der Waals surface area contributed by atoms with E-state index in [4.69, 9.17) is 9.79 Å². The van der Waals surface area contributed by atoms with E-state index >= 15 is 0 Å². The highest BCUT2D eigenvalue weighted by atomic mass is 31.2. The van der Waals surface area contributed by atoms with Gasteiger partial charge >= 0.3 is 16.5 Å². The highest BCUT2D eigenvalue weighted by Gasteiger charge is 2.31. The van der Waals surface area contributed by atoms with Gasteiger partial charge in [-0.1, -0.05) is 7.43 Å². The summed E-state index contributed by atoms with van der Waals surface area (Å²) in [7, 11) is -2.10. The lowest BCUT2D eigenvalue weighted by molar-refractivity contribution is 0.371. The summed E-state index contributed by atoms with van der Waals surface area (Å²) < 4.78 is 22.2. The molecular formula is C3H13NO5P2+2. The molecule has 2 unspecified atom stereocenters. The minimum Gasteiger partial charge on any atom is -0.323 e. The quantitative estimate of drug-likeness (QED) is 0.576. The molecule has 0 bridgehead atoms. The largest absolute Gasteiger partial charge is 0.745 e. The van der Waals surface area contributed by atoms with Crippen LogP contribution in [0.25, 0.3) is 0 Å². The van der Waals surface area contributed by atoms with E-state index < -0.39 is 16.5 Å². The molecule has 68 valence electrons. The first-order valence-electron chi connectivity index (χ1n) is 2.13. The van der Waals surface area contributed by atoms with Gasteiger partial charge in [0.15, 0.2) is 4.31 Å². The van der Waals surface area contributed by atoms with Crippen molar-refractivity contribution in [1.82, 2.24) is 5.32 Å². The molecule has 0 aliphatic heterocycles. The zero-order valence-corrected chi connectivity index (χ0v) is 7.30. The molecule has 0 aromatic heterocycles. The maximum absolute atomic E-state index is 9.39. The summed E-state index contributed by atoms with van der Waals surface area (Å²) in [6.45, 7) is 0. The summed E-state index contributed by atoms with van der Waals surface area (Å²) in [5.74, 6) is 0. The van der Waals surface area contributed by atoms with Crippen LogP contribution in [0.2, 0.25) is 0 Å². The van der Waals surface area contributed by atoms with Crippen molar-refractivity contribution in [3.05, 3.63) is 0 Å². The molecular weight excluding hydrogens is 192 g/mol. The lowest BCUT2D eigenvalue weighted by Gasteiger charge is -1.59. The summed E-state index contributed by atoms with van der Waals surface area (Å²) in [4.78, 5) is 15.3. The van der Waals surface area contributed by atoms with Gasteiger partial charge in [0.25, 0.3) is 0 Å². The van der Waals surface area contributed by atoms with Gasteiger partial charge in [-0.15, -0.1) is 9.79 Å². The molecule has 2 atom stereocenters. The smallest absolute Gasteiger partial charge is 0.323 e. The molecule has 0 heterocycles. The fourth-order valence-corrected chi connectivity index (χ4v) is 0.538. The van der Waals surface area contributed by atoms with Gasteiger partial charge in [0, 0.05) is 9.13 Å². The van der Waals surface area contributed by atoms with E-state index in [0.717, 1.165) is 0 Å². The van der Waals surface area contributed by atoms with Crippen molar-refractivity contribution in [3.8, 4) is 0 Å². The van der Waals surface area contributed by atoms with Crippen LogP contribution in [0.15, 0.2) is 0 Å². The number of nitrogens with one attached hydrogen (secondary N) is 1. The third kappa shape index (κ3) is 39.8. The molecule has 6 nitrogen and oxygen atoms in total. The van der Waals surface area contributed by atoms with Crippen LogP contribution in [0.3, 0.4) is 0 Å². The van der Waals surface area contributed by atoms with Crippen molar-refractivity contribution in [2.45, 2.75) is 7.43 Å². The van der Waals surface area contributed by atoms with Crippen LogP contribution in [0.5, 0.6) is 0 Å². The van der Waals surface area contributed by atoms with Gasteiger partial charge in [-0.05, 0) is 14.1 Å². The Morgan fingerprint density at radius 3 is 1.36 bits per heavy atom. The van der Waals surface area contributed by atoms with Gasteiger partial charge in [0.2, 0.25) is 0 Å². The molecule has 0 aliphatic rings. The van der Waals surface area contributed by atoms with Crippen molar-refractivity contribution >= 4 is 16.5 Å². The molecule has 0 aromatic rings. The highest BCUT2D eigenvalue weighted by molar-refractivity contribution is 7.46. The van der Waals surface area contributed by atoms with Crippen LogP contribution in [0.4, 0.5) is 0 Å². The second-order valence-electron chi connectivity index (χ2n) is 1.06. The molecule has 0 spiro atoms. The van der Waals surface area contributed by atoms with Crippen LogP contribution in [-0.4, -0.2) is 23.9 Å². The Kier molecular flexibility index (Phi) is 19.9. The van der Waals surface area contributed by atoms with Gasteiger partial charge in [-0.2, -0.15) is 0 Å². The van der Waals surface area contributed by atoms with Crippen molar-refractivity contribution < 1.29 is 23.2 Å². The molecule has 0 saturated heterocycles. The monoisotopic (exact) mass is 205 g/mol. The molecule has 0 rings (SSSR count). The minimum atomic E-state index is -2.92. The van der Waals surface area contributed by atoms with E-state index in [0.29, 0.717) is 0 Å². The van der Waals surface area contributed by atoms with Gasteiger partial charge < -0.3 is 5.32 Å². The number of hydrogen-bond donors (Lipinski definition) is 3. The fourth-order valence-electron chi connectivity index (χ4n) is 0.0598. The van der Waals surface area contributed by atoms with Crippen LogP contribution in [0.1, 0.15) is 7.43 Å². The van der Waals surface area contributed by atoms with E-state index in [2.05, 4.69) is 9.63 Å². The van der Waals surface area contributed by atoms with Crippen molar-refractivity contribution in [2.75, 3.05) is 14.1 Å². The highest BCUT2D eigenvalue weighted by Crippen LogP contribution is 2.30. The molecule has 0 aliphatic carbocycles. The Labute approximate surface area is 67.5 Å². The average Bonchev–Trinajstić information content (AvgIpc) is 1.62. The van der Waals surface area contributed by atoms with Gasteiger partial charge in [0.1, 0.15) is 0 Å². The molecule has 0 amide bonds. The van der Waals surface area contributed by atoms with Crippen LogP contribution in [-0.2, 0) is 13.4 Å². The lowest BCUT2D eigenvalue weighted by atomic mass is 11.3. The van der Waals surface area contributed by atoms with E-state index in [-0.39, 0.29) is 7.43 Å². The summed E-state index contributed by atoms with van der Waals surface area (Å²) in [6, 6.07) is 0. The standard InChI is InChI=1S/C2H7N.CH4.O5P2/c1-3-2;;1-6(2)5-7(3)4/h3H,1-2H3;1H4;/p+2. The first-order valence-corrected chi connectivity index (χ1v) is 4.39. The van der Waals surface area contributed by atoms with Crippen LogP contribution < -0.4 is 5.32 Å². The van der Waals surface area contributed by atoms with Crippen molar-refractivity contribution in [1.29, 1.82) is 0 Å². The Morgan fingerprint density at radius 1 is 1.18 bits per heavy atom. The first-order chi connectivity index (χ1) is 4.54. The Bertz CT molecular complexity index is 106. The second-order valence-corrected chi connectivity index (χ2v) is 2.66. The van der Waals surface area contributed by atoms with Gasteiger partial charge in [0.05, 0.1) is 0 Å². The van der Waals surface area contributed by atoms with Gasteiger partial charge in [-0.25, -0.2) is 0 Å². The van der Waals surface area contributed by atoms with E-state index in [1.807, 2.05) is 14.1 Å². The normalized spacial score (nSPS) is 10.2. The molecule has 0 saturated carbocycles. The maximum Gasteiger partial charge on any atom is 0.745 e. The van der Waals surface area contributed by atoms with E-state index in [1.165, 1.54) is 0 Å². The summed E-state index contributed by atoms with van der Waals surface area (Å²) in [6.07, 6.45) is 0. The molecule has 8 heteroatoms. The summed E-state index contributed by atoms with van der Waals surface area (Å²) >= 11 is 0. The van der Waals surface area contributed by atoms with Gasteiger partial charge in [-0.3, -0.25) is 0 Å². The third-order valence-corrected chi connectivity index (χ3v) is 1.26. The molecule has 0 aromatic carbocycles. The molecule has 11 heavy (non-hydrogen) atoms. The number of hydrogen-bond acceptors (Lipinski definition) is 4. The summed E-state index contributed by atoms with van der Waals surface area (Å²) in [5.41, 5.74) is 0. The lowest BCUT2D eigenvalue weighted by Crippen LogP contribution is -1.89. The van der Waals surface area contributed by atoms with E-state index in [1.54, 1.807) is 0 Å². The number of rotatable bonds is 2. The second kappa shape index (κ2) is 12.7. The summed E-state index contributed by atoms with van der Waals surface area (Å²) in [5, 5.41) is 2.75. The zero-order chi connectivity index (χ0) is 8.57. The van der Waals surface area contributed by atoms with Crippen molar-refractivity contribution in [2.24, 2.45) is 0 Å². The third-order valence-electron chi connectivity index (χ3n) is 0.140. The first kappa shape index (κ1) is 17.2. The van der Waals surface area contributed by atoms with Crippen molar-refractivity contribution in [3.63, 3.8) is 0 Å². The Morgan fingerprint density at radius 2 is 1.36 bits per heavy atom. The molecule has 3 N–H and O–H groups in total. The molecule has 0 radical (unpaired) electrons. The van der Waals surface area contributed by atoms with Crippen LogP contribution >= 0.6 is 16.5 Å². The zero-order valence-electron chi connectivity index (χ0n) is 5.51. The van der Waals surface area contributed by atoms with Crippen LogP contribution in [0, 0.1) is 0 Å². The Hall–Kier alpha value is 0.0400. The predicted molar refractivity (Wildman–Crippen MR) is 42.5 cm³/mol. The Balaban J connectivity index is -0.000000140. The minimum absolute atomic E-state index is 0. The maximum atomic E-state index is 9.39. The predicted octanol–water partition coefficient (Wildman–Crippen LogP) is 0.774. The average molecular weight is 205 g/mol.